The fourth-order valence-corrected chi connectivity index (χ4v) is 9.51. The lowest BCUT2D eigenvalue weighted by molar-refractivity contribution is -0.197. The number of carbonyl (C=O) groups excluding carboxylic acids is 3. The van der Waals surface area contributed by atoms with Crippen LogP contribution in [0.15, 0.2) is 0 Å². The van der Waals surface area contributed by atoms with Crippen molar-refractivity contribution in [1.29, 1.82) is 0 Å². The molecule has 1 heterocycles. The average Bonchev–Trinajstić information content (AvgIpc) is 3.32. The molecule has 6 heteroatoms. The van der Waals surface area contributed by atoms with Crippen LogP contribution in [0.25, 0.3) is 0 Å². The summed E-state index contributed by atoms with van der Waals surface area (Å²) in [6.45, 7) is 7.25. The van der Waals surface area contributed by atoms with E-state index in [2.05, 4.69) is 20.8 Å². The Balaban J connectivity index is 1.20. The first-order chi connectivity index (χ1) is 16.2. The van der Waals surface area contributed by atoms with Crippen LogP contribution in [0, 0.1) is 52.8 Å². The summed E-state index contributed by atoms with van der Waals surface area (Å²) in [5.74, 6) is 4.42. The van der Waals surface area contributed by atoms with Gasteiger partial charge in [0.25, 0.3) is 11.8 Å². The van der Waals surface area contributed by atoms with Crippen LogP contribution in [-0.4, -0.2) is 34.1 Å². The summed E-state index contributed by atoms with van der Waals surface area (Å²) in [7, 11) is 0. The zero-order valence-electron chi connectivity index (χ0n) is 21.2. The van der Waals surface area contributed by atoms with E-state index in [4.69, 9.17) is 4.84 Å². The molecule has 1 N–H and O–H groups in total. The molecule has 0 aromatic heterocycles. The van der Waals surface area contributed by atoms with Crippen molar-refractivity contribution in [3.05, 3.63) is 0 Å². The summed E-state index contributed by atoms with van der Waals surface area (Å²) in [6.07, 6.45) is 10.9. The van der Waals surface area contributed by atoms with Crippen LogP contribution in [0.2, 0.25) is 0 Å². The van der Waals surface area contributed by atoms with Gasteiger partial charge in [0.1, 0.15) is 0 Å². The van der Waals surface area contributed by atoms with Crippen LogP contribution >= 0.6 is 0 Å². The first-order valence-electron chi connectivity index (χ1n) is 13.9. The van der Waals surface area contributed by atoms with Gasteiger partial charge in [-0.2, -0.15) is 0 Å². The maximum Gasteiger partial charge on any atom is 0.333 e. The Morgan fingerprint density at radius 1 is 1.03 bits per heavy atom. The predicted molar refractivity (Wildman–Crippen MR) is 127 cm³/mol. The van der Waals surface area contributed by atoms with Gasteiger partial charge in [0.2, 0.25) is 0 Å². The number of amides is 2. The minimum absolute atomic E-state index is 0.0841. The summed E-state index contributed by atoms with van der Waals surface area (Å²) < 4.78 is 0. The molecule has 1 aliphatic heterocycles. The molecular weight excluding hydrogens is 430 g/mol. The summed E-state index contributed by atoms with van der Waals surface area (Å²) in [5, 5.41) is 10.9. The Morgan fingerprint density at radius 3 is 2.47 bits per heavy atom. The summed E-state index contributed by atoms with van der Waals surface area (Å²) in [4.78, 5) is 40.9. The van der Waals surface area contributed by atoms with E-state index < -0.39 is 17.8 Å². The van der Waals surface area contributed by atoms with E-state index in [1.165, 1.54) is 38.5 Å². The highest BCUT2D eigenvalue weighted by Crippen LogP contribution is 2.66. The van der Waals surface area contributed by atoms with E-state index in [9.17, 15) is 19.5 Å². The van der Waals surface area contributed by atoms with E-state index in [-0.39, 0.29) is 25.4 Å². The molecule has 4 aliphatic carbocycles. The molecule has 0 bridgehead atoms. The Kier molecular flexibility index (Phi) is 6.58. The molecular formula is C28H43NO5. The van der Waals surface area contributed by atoms with Crippen molar-refractivity contribution in [1.82, 2.24) is 5.06 Å². The molecule has 5 rings (SSSR count). The Hall–Kier alpha value is -1.43. The second-order valence-corrected chi connectivity index (χ2v) is 12.7. The van der Waals surface area contributed by atoms with E-state index >= 15 is 0 Å². The highest BCUT2D eigenvalue weighted by atomic mass is 16.7. The molecule has 6 nitrogen and oxygen atoms in total. The molecule has 0 aromatic rings. The Morgan fingerprint density at radius 2 is 1.74 bits per heavy atom. The molecule has 3 unspecified atom stereocenters. The third-order valence-corrected chi connectivity index (χ3v) is 11.1. The van der Waals surface area contributed by atoms with Crippen molar-refractivity contribution < 1.29 is 24.3 Å². The molecule has 0 spiro atoms. The van der Waals surface area contributed by atoms with Gasteiger partial charge in [-0.25, -0.2) is 4.79 Å². The third kappa shape index (κ3) is 4.12. The van der Waals surface area contributed by atoms with Gasteiger partial charge in [0.15, 0.2) is 0 Å². The maximum absolute atomic E-state index is 12.4. The van der Waals surface area contributed by atoms with E-state index in [1.54, 1.807) is 0 Å². The van der Waals surface area contributed by atoms with Crippen molar-refractivity contribution in [3.63, 3.8) is 0 Å². The largest absolute Gasteiger partial charge is 0.393 e. The SMILES string of the molecule is CC1C[C@@H]2[C@H](CC[C@]3(C)[C@@H]([C@H](C)CCC(=O)ON4C(=O)CCC4=O)CC[C@@H]23)C2CC[C@H](O)CC12. The van der Waals surface area contributed by atoms with E-state index in [0.717, 1.165) is 42.9 Å². The van der Waals surface area contributed by atoms with Crippen molar-refractivity contribution in [2.45, 2.75) is 104 Å². The lowest BCUT2D eigenvalue weighted by Gasteiger charge is -2.58. The molecule has 10 atom stereocenters. The molecule has 4 saturated carbocycles. The van der Waals surface area contributed by atoms with Gasteiger partial charge in [-0.1, -0.05) is 20.8 Å². The number of aliphatic hydroxyl groups is 1. The number of hydrogen-bond acceptors (Lipinski definition) is 5. The van der Waals surface area contributed by atoms with Crippen LogP contribution in [0.5, 0.6) is 0 Å². The second-order valence-electron chi connectivity index (χ2n) is 12.7. The van der Waals surface area contributed by atoms with Gasteiger partial charge < -0.3 is 9.94 Å². The zero-order chi connectivity index (χ0) is 24.2. The van der Waals surface area contributed by atoms with Gasteiger partial charge in [-0.15, -0.1) is 5.06 Å². The van der Waals surface area contributed by atoms with Gasteiger partial charge in [0.05, 0.1) is 6.10 Å². The number of carbonyl (C=O) groups is 3. The summed E-state index contributed by atoms with van der Waals surface area (Å²) >= 11 is 0. The quantitative estimate of drug-likeness (QED) is 0.575. The normalized spacial score (nSPS) is 44.9. The number of imide groups is 1. The van der Waals surface area contributed by atoms with Crippen molar-refractivity contribution >= 4 is 17.8 Å². The fraction of sp³-hybridized carbons (Fsp3) is 0.893. The highest BCUT2D eigenvalue weighted by molar-refractivity contribution is 6.01. The van der Waals surface area contributed by atoms with E-state index in [1.807, 2.05) is 0 Å². The molecule has 0 aromatic carbocycles. The highest BCUT2D eigenvalue weighted by Gasteiger charge is 2.58. The average molecular weight is 474 g/mol. The van der Waals surface area contributed by atoms with Gasteiger partial charge in [-0.3, -0.25) is 9.59 Å². The smallest absolute Gasteiger partial charge is 0.333 e. The predicted octanol–water partition coefficient (Wildman–Crippen LogP) is 4.89. The Bertz CT molecular complexity index is 812. The number of rotatable bonds is 5. The first-order valence-corrected chi connectivity index (χ1v) is 13.9. The number of hydrogen-bond donors (Lipinski definition) is 1. The molecule has 190 valence electrons. The second kappa shape index (κ2) is 9.22. The maximum atomic E-state index is 12.4. The van der Waals surface area contributed by atoms with Crippen LogP contribution in [0.1, 0.15) is 97.8 Å². The number of aliphatic hydroxyl groups excluding tert-OH is 1. The lowest BCUT2D eigenvalue weighted by atomic mass is 9.47. The van der Waals surface area contributed by atoms with E-state index in [0.29, 0.717) is 34.1 Å². The first kappa shape index (κ1) is 24.3. The number of hydroxylamine groups is 2. The molecule has 2 amide bonds. The molecule has 5 aliphatic rings. The van der Waals surface area contributed by atoms with Crippen LogP contribution in [-0.2, 0) is 19.2 Å². The summed E-state index contributed by atoms with van der Waals surface area (Å²) in [5.41, 5.74) is 0.339. The topological polar surface area (TPSA) is 83.9 Å². The molecule has 0 radical (unpaired) electrons. The fourth-order valence-electron chi connectivity index (χ4n) is 9.51. The standard InChI is InChI=1S/C28H43NO5/c1-16(4-11-27(33)34-29-25(31)9-10-26(29)32)23-7-8-24-22-14-17(2)21-15-18(30)5-6-19(21)20(22)12-13-28(23,24)3/h16-24,30H,4-15H2,1-3H3/t16-,17?,18+,19?,20-,21?,22-,23-,24+,28-/m1/s1. The van der Waals surface area contributed by atoms with Crippen molar-refractivity contribution in [3.8, 4) is 0 Å². The van der Waals surface area contributed by atoms with Crippen LogP contribution < -0.4 is 0 Å². The third-order valence-electron chi connectivity index (χ3n) is 11.1. The number of nitrogens with zero attached hydrogens (tertiary/aromatic N) is 1. The number of fused-ring (bicyclic) bond motifs is 5. The van der Waals surface area contributed by atoms with Crippen molar-refractivity contribution in [2.75, 3.05) is 0 Å². The van der Waals surface area contributed by atoms with Crippen LogP contribution in [0.3, 0.4) is 0 Å². The van der Waals surface area contributed by atoms with Crippen LogP contribution in [0.4, 0.5) is 0 Å². The molecule has 1 saturated heterocycles. The van der Waals surface area contributed by atoms with Gasteiger partial charge in [-0.05, 0) is 111 Å². The minimum atomic E-state index is -0.467. The van der Waals surface area contributed by atoms with Crippen molar-refractivity contribution in [2.24, 2.45) is 52.8 Å². The Labute approximate surface area is 204 Å². The minimum Gasteiger partial charge on any atom is -0.393 e. The monoisotopic (exact) mass is 473 g/mol. The molecule has 34 heavy (non-hydrogen) atoms. The molecule has 5 fully saturated rings. The zero-order valence-corrected chi connectivity index (χ0v) is 21.2. The lowest BCUT2D eigenvalue weighted by Crippen LogP contribution is -2.51. The van der Waals surface area contributed by atoms with Gasteiger partial charge >= 0.3 is 5.97 Å². The summed E-state index contributed by atoms with van der Waals surface area (Å²) in [6, 6.07) is 0. The van der Waals surface area contributed by atoms with Gasteiger partial charge in [0, 0.05) is 19.3 Å².